The van der Waals surface area contributed by atoms with Crippen LogP contribution in [0.1, 0.15) is 25.7 Å². The zero-order valence-electron chi connectivity index (χ0n) is 11.0. The Kier molecular flexibility index (Phi) is 3.82. The quantitative estimate of drug-likeness (QED) is 0.932. The summed E-state index contributed by atoms with van der Waals surface area (Å²) in [5, 5.41) is 4.33. The molecule has 4 nitrogen and oxygen atoms in total. The summed E-state index contributed by atoms with van der Waals surface area (Å²) in [6.07, 6.45) is 10.7. The fourth-order valence-corrected chi connectivity index (χ4v) is 3.46. The highest BCUT2D eigenvalue weighted by Crippen LogP contribution is 2.28. The van der Waals surface area contributed by atoms with Gasteiger partial charge in [-0.3, -0.25) is 4.98 Å². The van der Waals surface area contributed by atoms with E-state index in [1.807, 2.05) is 23.9 Å². The molecule has 0 aromatic carbocycles. The van der Waals surface area contributed by atoms with Gasteiger partial charge in [0.05, 0.1) is 0 Å². The minimum absolute atomic E-state index is 0.535. The van der Waals surface area contributed by atoms with Crippen molar-refractivity contribution in [3.05, 3.63) is 24.5 Å². The maximum Gasteiger partial charge on any atom is 0.180 e. The number of hydrogen-bond donors (Lipinski definition) is 1. The molecule has 0 saturated heterocycles. The minimum atomic E-state index is 0.535. The van der Waals surface area contributed by atoms with Crippen LogP contribution in [0, 0.1) is 0 Å². The lowest BCUT2D eigenvalue weighted by Gasteiger charge is -2.29. The monoisotopic (exact) mass is 274 g/mol. The van der Waals surface area contributed by atoms with E-state index in [1.165, 1.54) is 25.7 Å². The largest absolute Gasteiger partial charge is 0.367 e. The van der Waals surface area contributed by atoms with E-state index in [-0.39, 0.29) is 0 Å². The Morgan fingerprint density at radius 2 is 2.11 bits per heavy atom. The third-order valence-corrected chi connectivity index (χ3v) is 4.74. The molecule has 0 spiro atoms. The number of pyridine rings is 1. The molecule has 0 radical (unpaired) electrons. The lowest BCUT2D eigenvalue weighted by molar-refractivity contribution is 0.473. The summed E-state index contributed by atoms with van der Waals surface area (Å²) in [6, 6.07) is 4.51. The van der Waals surface area contributed by atoms with Crippen LogP contribution in [-0.4, -0.2) is 32.5 Å². The number of nitrogens with zero attached hydrogens (tertiary/aromatic N) is 3. The van der Waals surface area contributed by atoms with E-state index in [2.05, 4.69) is 26.5 Å². The Morgan fingerprint density at radius 3 is 3.00 bits per heavy atom. The van der Waals surface area contributed by atoms with Gasteiger partial charge in [0.15, 0.2) is 5.65 Å². The van der Waals surface area contributed by atoms with Gasteiger partial charge in [-0.25, -0.2) is 9.97 Å². The van der Waals surface area contributed by atoms with Gasteiger partial charge in [0.1, 0.15) is 11.3 Å². The fourth-order valence-electron chi connectivity index (χ4n) is 2.63. The van der Waals surface area contributed by atoms with Gasteiger partial charge >= 0.3 is 0 Å². The van der Waals surface area contributed by atoms with Crippen LogP contribution in [0.3, 0.4) is 0 Å². The Balaban J connectivity index is 1.74. The molecule has 3 rings (SSSR count). The first kappa shape index (κ1) is 12.7. The van der Waals surface area contributed by atoms with Crippen LogP contribution in [-0.2, 0) is 0 Å². The van der Waals surface area contributed by atoms with Crippen molar-refractivity contribution in [2.75, 3.05) is 11.6 Å². The maximum atomic E-state index is 4.53. The first-order valence-corrected chi connectivity index (χ1v) is 8.01. The number of nitrogens with one attached hydrogen (secondary N) is 1. The summed E-state index contributed by atoms with van der Waals surface area (Å²) in [5.74, 6) is 0.916. The molecule has 0 aliphatic heterocycles. The number of rotatable bonds is 3. The predicted octanol–water partition coefficient (Wildman–Crippen LogP) is 3.11. The van der Waals surface area contributed by atoms with E-state index in [0.29, 0.717) is 11.7 Å². The fraction of sp³-hybridized carbons (Fsp3) is 0.500. The van der Waals surface area contributed by atoms with Crippen molar-refractivity contribution in [3.8, 4) is 0 Å². The Hall–Kier alpha value is -1.36. The van der Waals surface area contributed by atoms with Crippen LogP contribution in [0.15, 0.2) is 24.5 Å². The zero-order chi connectivity index (χ0) is 13.1. The Morgan fingerprint density at radius 1 is 1.21 bits per heavy atom. The summed E-state index contributed by atoms with van der Waals surface area (Å²) in [6.45, 7) is 0. The molecule has 1 saturated carbocycles. The molecular weight excluding hydrogens is 256 g/mol. The van der Waals surface area contributed by atoms with Crippen LogP contribution < -0.4 is 5.32 Å². The van der Waals surface area contributed by atoms with Crippen molar-refractivity contribution >= 4 is 28.7 Å². The molecule has 0 bridgehead atoms. The summed E-state index contributed by atoms with van der Waals surface area (Å²) in [4.78, 5) is 13.0. The molecule has 19 heavy (non-hydrogen) atoms. The van der Waals surface area contributed by atoms with Gasteiger partial charge in [-0.05, 0) is 37.7 Å². The molecule has 1 aliphatic rings. The van der Waals surface area contributed by atoms with Crippen molar-refractivity contribution in [2.24, 2.45) is 0 Å². The van der Waals surface area contributed by atoms with E-state index >= 15 is 0 Å². The molecule has 100 valence electrons. The summed E-state index contributed by atoms with van der Waals surface area (Å²) >= 11 is 1.98. The molecule has 1 aliphatic carbocycles. The van der Waals surface area contributed by atoms with Crippen molar-refractivity contribution in [1.29, 1.82) is 0 Å². The first-order chi connectivity index (χ1) is 9.35. The van der Waals surface area contributed by atoms with E-state index in [9.17, 15) is 0 Å². The lowest BCUT2D eigenvalue weighted by Crippen LogP contribution is -2.28. The molecule has 2 aromatic heterocycles. The lowest BCUT2D eigenvalue weighted by atomic mass is 9.95. The van der Waals surface area contributed by atoms with E-state index < -0.39 is 0 Å². The minimum Gasteiger partial charge on any atom is -0.367 e. The van der Waals surface area contributed by atoms with Gasteiger partial charge in [0.2, 0.25) is 0 Å². The van der Waals surface area contributed by atoms with Crippen LogP contribution in [0.5, 0.6) is 0 Å². The molecule has 2 aromatic rings. The van der Waals surface area contributed by atoms with Gasteiger partial charge < -0.3 is 5.32 Å². The van der Waals surface area contributed by atoms with Gasteiger partial charge in [0, 0.05) is 23.7 Å². The predicted molar refractivity (Wildman–Crippen MR) is 80.5 cm³/mol. The average molecular weight is 274 g/mol. The number of hydrogen-bond acceptors (Lipinski definition) is 5. The Bertz CT molecular complexity index is 560. The van der Waals surface area contributed by atoms with Gasteiger partial charge in [-0.2, -0.15) is 11.8 Å². The average Bonchev–Trinajstić information content (AvgIpc) is 2.47. The van der Waals surface area contributed by atoms with E-state index in [1.54, 1.807) is 12.4 Å². The molecule has 5 heteroatoms. The standard InChI is InChI=1S/C14H18N4S/c1-19-11-4-2-3-10(9-11)17-13-6-5-12-14(18-13)16-8-7-15-12/h5-8,10-11H,2-4,9H2,1H3,(H,16,17,18)/t10-,11-/m1/s1. The zero-order valence-corrected chi connectivity index (χ0v) is 11.9. The highest BCUT2D eigenvalue weighted by atomic mass is 32.2. The van der Waals surface area contributed by atoms with Crippen molar-refractivity contribution in [2.45, 2.75) is 37.0 Å². The third-order valence-electron chi connectivity index (χ3n) is 3.64. The number of fused-ring (bicyclic) bond motifs is 1. The molecule has 2 atom stereocenters. The molecule has 0 unspecified atom stereocenters. The van der Waals surface area contributed by atoms with Gasteiger partial charge in [0.25, 0.3) is 0 Å². The van der Waals surface area contributed by atoms with Crippen molar-refractivity contribution in [1.82, 2.24) is 15.0 Å². The summed E-state index contributed by atoms with van der Waals surface area (Å²) in [5.41, 5.74) is 1.56. The smallest absolute Gasteiger partial charge is 0.180 e. The molecule has 1 fully saturated rings. The number of thioether (sulfide) groups is 1. The maximum absolute atomic E-state index is 4.53. The second-order valence-corrected chi connectivity index (χ2v) is 6.10. The number of aromatic nitrogens is 3. The number of anilines is 1. The molecule has 0 amide bonds. The third kappa shape index (κ3) is 2.97. The molecule has 1 N–H and O–H groups in total. The molecule has 2 heterocycles. The van der Waals surface area contributed by atoms with E-state index in [4.69, 9.17) is 0 Å². The van der Waals surface area contributed by atoms with E-state index in [0.717, 1.165) is 16.6 Å². The molecular formula is C14H18N4S. The SMILES string of the molecule is CS[C@@H]1CCC[C@@H](Nc2ccc3nccnc3n2)C1. The van der Waals surface area contributed by atoms with Crippen LogP contribution in [0.2, 0.25) is 0 Å². The van der Waals surface area contributed by atoms with Crippen LogP contribution >= 0.6 is 11.8 Å². The highest BCUT2D eigenvalue weighted by Gasteiger charge is 2.21. The van der Waals surface area contributed by atoms with Gasteiger partial charge in [-0.1, -0.05) is 6.42 Å². The van der Waals surface area contributed by atoms with Crippen molar-refractivity contribution < 1.29 is 0 Å². The summed E-state index contributed by atoms with van der Waals surface area (Å²) in [7, 11) is 0. The van der Waals surface area contributed by atoms with Crippen molar-refractivity contribution in [3.63, 3.8) is 0 Å². The second kappa shape index (κ2) is 5.74. The highest BCUT2D eigenvalue weighted by molar-refractivity contribution is 7.99. The first-order valence-electron chi connectivity index (χ1n) is 6.72. The normalized spacial score (nSPS) is 23.4. The Labute approximate surface area is 117 Å². The van der Waals surface area contributed by atoms with Crippen LogP contribution in [0.25, 0.3) is 11.2 Å². The van der Waals surface area contributed by atoms with Crippen LogP contribution in [0.4, 0.5) is 5.82 Å². The topological polar surface area (TPSA) is 50.7 Å². The van der Waals surface area contributed by atoms with Gasteiger partial charge in [-0.15, -0.1) is 0 Å². The second-order valence-electron chi connectivity index (χ2n) is 4.96. The summed E-state index contributed by atoms with van der Waals surface area (Å²) < 4.78 is 0.